The summed E-state index contributed by atoms with van der Waals surface area (Å²) >= 11 is 0. The van der Waals surface area contributed by atoms with Crippen LogP contribution in [0.25, 0.3) is 0 Å². The Hall–Kier alpha value is -0.940. The summed E-state index contributed by atoms with van der Waals surface area (Å²) in [6.07, 6.45) is 7.63. The van der Waals surface area contributed by atoms with E-state index in [-0.39, 0.29) is 6.04 Å². The molecule has 19 heavy (non-hydrogen) atoms. The van der Waals surface area contributed by atoms with Crippen molar-refractivity contribution < 1.29 is 4.74 Å². The van der Waals surface area contributed by atoms with Crippen LogP contribution >= 0.6 is 0 Å². The van der Waals surface area contributed by atoms with Crippen LogP contribution in [-0.2, 0) is 17.7 Å². The Kier molecular flexibility index (Phi) is 4.13. The van der Waals surface area contributed by atoms with Crippen molar-refractivity contribution in [2.45, 2.75) is 64.1 Å². The molecule has 1 aromatic rings. The lowest BCUT2D eigenvalue weighted by atomic mass is 10.2. The lowest BCUT2D eigenvalue weighted by molar-refractivity contribution is 0.107. The minimum Gasteiger partial charge on any atom is -0.377 e. The molecule has 1 N–H and O–H groups in total. The summed E-state index contributed by atoms with van der Waals surface area (Å²) in [6, 6.07) is 0.253. The van der Waals surface area contributed by atoms with Crippen molar-refractivity contribution >= 4 is 0 Å². The zero-order chi connectivity index (χ0) is 13.1. The van der Waals surface area contributed by atoms with E-state index in [1.54, 1.807) is 0 Å². The van der Waals surface area contributed by atoms with Crippen molar-refractivity contribution in [3.8, 4) is 0 Å². The van der Waals surface area contributed by atoms with Crippen LogP contribution in [0.15, 0.2) is 0 Å². The second-order valence-electron chi connectivity index (χ2n) is 5.70. The number of ether oxygens (including phenoxy) is 1. The number of nitrogens with zero attached hydrogens (tertiary/aromatic N) is 3. The third-order valence-corrected chi connectivity index (χ3v) is 4.20. The van der Waals surface area contributed by atoms with Gasteiger partial charge < -0.3 is 14.6 Å². The number of hydrogen-bond acceptors (Lipinski definition) is 4. The highest BCUT2D eigenvalue weighted by molar-refractivity contribution is 5.02. The Morgan fingerprint density at radius 2 is 2.26 bits per heavy atom. The lowest BCUT2D eigenvalue weighted by Crippen LogP contribution is -2.30. The van der Waals surface area contributed by atoms with E-state index in [4.69, 9.17) is 4.74 Å². The van der Waals surface area contributed by atoms with Gasteiger partial charge in [0.25, 0.3) is 0 Å². The van der Waals surface area contributed by atoms with Crippen LogP contribution in [0.5, 0.6) is 0 Å². The number of nitrogens with one attached hydrogen (secondary N) is 1. The molecule has 0 spiro atoms. The van der Waals surface area contributed by atoms with Crippen LogP contribution < -0.4 is 5.32 Å². The predicted octanol–water partition coefficient (Wildman–Crippen LogP) is 1.83. The van der Waals surface area contributed by atoms with Crippen LogP contribution in [0.3, 0.4) is 0 Å². The number of aromatic nitrogens is 3. The van der Waals surface area contributed by atoms with Crippen molar-refractivity contribution in [2.75, 3.05) is 13.2 Å². The fraction of sp³-hybridized carbons (Fsp3) is 0.857. The van der Waals surface area contributed by atoms with Gasteiger partial charge in [-0.05, 0) is 32.6 Å². The Morgan fingerprint density at radius 1 is 1.32 bits per heavy atom. The van der Waals surface area contributed by atoms with Gasteiger partial charge in [-0.2, -0.15) is 0 Å². The molecular formula is C14H24N4O. The van der Waals surface area contributed by atoms with Gasteiger partial charge in [0.2, 0.25) is 0 Å². The second-order valence-corrected chi connectivity index (χ2v) is 5.70. The fourth-order valence-corrected chi connectivity index (χ4v) is 3.03. The molecule has 0 aliphatic carbocycles. The summed E-state index contributed by atoms with van der Waals surface area (Å²) in [7, 11) is 0. The van der Waals surface area contributed by atoms with Gasteiger partial charge in [-0.3, -0.25) is 0 Å². The molecule has 1 fully saturated rings. The Morgan fingerprint density at radius 3 is 3.11 bits per heavy atom. The quantitative estimate of drug-likeness (QED) is 0.901. The topological polar surface area (TPSA) is 52.0 Å². The Labute approximate surface area is 114 Å². The van der Waals surface area contributed by atoms with Crippen molar-refractivity contribution in [2.24, 2.45) is 0 Å². The van der Waals surface area contributed by atoms with Gasteiger partial charge in [0.15, 0.2) is 0 Å². The zero-order valence-corrected chi connectivity index (χ0v) is 11.8. The molecule has 1 aromatic heterocycles. The molecule has 0 aromatic carbocycles. The number of hydrogen-bond donors (Lipinski definition) is 1. The van der Waals surface area contributed by atoms with Crippen LogP contribution in [-0.4, -0.2) is 34.0 Å². The number of rotatable bonds is 4. The van der Waals surface area contributed by atoms with E-state index in [1.165, 1.54) is 37.9 Å². The monoisotopic (exact) mass is 264 g/mol. The first-order chi connectivity index (χ1) is 9.34. The van der Waals surface area contributed by atoms with E-state index in [1.807, 2.05) is 0 Å². The fourth-order valence-electron chi connectivity index (χ4n) is 3.03. The van der Waals surface area contributed by atoms with E-state index in [0.717, 1.165) is 31.9 Å². The highest BCUT2D eigenvalue weighted by Gasteiger charge is 2.21. The number of fused-ring (bicyclic) bond motifs is 1. The van der Waals surface area contributed by atoms with Crippen LogP contribution in [0.2, 0.25) is 0 Å². The SMILES string of the molecule is CC(NCC1CCCO1)c1nnc2n1CCCCC2. The Bertz CT molecular complexity index is 412. The van der Waals surface area contributed by atoms with E-state index in [2.05, 4.69) is 27.0 Å². The summed E-state index contributed by atoms with van der Waals surface area (Å²) in [5.74, 6) is 2.26. The molecule has 2 atom stereocenters. The molecule has 5 heteroatoms. The largest absolute Gasteiger partial charge is 0.377 e. The van der Waals surface area contributed by atoms with Crippen LogP contribution in [0.1, 0.15) is 56.7 Å². The van der Waals surface area contributed by atoms with Crippen molar-refractivity contribution in [3.63, 3.8) is 0 Å². The molecule has 2 aliphatic heterocycles. The standard InChI is InChI=1S/C14H24N4O/c1-11(15-10-12-6-5-9-19-12)14-17-16-13-7-3-2-4-8-18(13)14/h11-12,15H,2-10H2,1H3. The zero-order valence-electron chi connectivity index (χ0n) is 11.8. The van der Waals surface area contributed by atoms with Gasteiger partial charge in [0.1, 0.15) is 11.6 Å². The molecule has 0 amide bonds. The maximum atomic E-state index is 5.65. The molecule has 2 aliphatic rings. The Balaban J connectivity index is 1.62. The van der Waals surface area contributed by atoms with Gasteiger partial charge in [0.05, 0.1) is 12.1 Å². The van der Waals surface area contributed by atoms with Gasteiger partial charge >= 0.3 is 0 Å². The molecular weight excluding hydrogens is 240 g/mol. The minimum absolute atomic E-state index is 0.253. The summed E-state index contributed by atoms with van der Waals surface area (Å²) < 4.78 is 7.97. The molecule has 0 bridgehead atoms. The average Bonchev–Trinajstić information content (AvgIpc) is 3.02. The third kappa shape index (κ3) is 2.98. The highest BCUT2D eigenvalue weighted by atomic mass is 16.5. The maximum Gasteiger partial charge on any atom is 0.149 e. The highest BCUT2D eigenvalue weighted by Crippen LogP contribution is 2.19. The van der Waals surface area contributed by atoms with E-state index >= 15 is 0 Å². The van der Waals surface area contributed by atoms with E-state index < -0.39 is 0 Å². The summed E-state index contributed by atoms with van der Waals surface area (Å²) in [4.78, 5) is 0. The molecule has 5 nitrogen and oxygen atoms in total. The molecule has 0 saturated carbocycles. The molecule has 3 heterocycles. The van der Waals surface area contributed by atoms with Gasteiger partial charge in [0, 0.05) is 26.1 Å². The van der Waals surface area contributed by atoms with E-state index in [0.29, 0.717) is 6.10 Å². The predicted molar refractivity (Wildman–Crippen MR) is 73.0 cm³/mol. The average molecular weight is 264 g/mol. The smallest absolute Gasteiger partial charge is 0.149 e. The van der Waals surface area contributed by atoms with Crippen molar-refractivity contribution in [1.82, 2.24) is 20.1 Å². The van der Waals surface area contributed by atoms with Crippen LogP contribution in [0, 0.1) is 0 Å². The van der Waals surface area contributed by atoms with Crippen LogP contribution in [0.4, 0.5) is 0 Å². The summed E-state index contributed by atoms with van der Waals surface area (Å²) in [5.41, 5.74) is 0. The van der Waals surface area contributed by atoms with Crippen molar-refractivity contribution in [1.29, 1.82) is 0 Å². The van der Waals surface area contributed by atoms with Gasteiger partial charge in [-0.25, -0.2) is 0 Å². The molecule has 1 saturated heterocycles. The van der Waals surface area contributed by atoms with Gasteiger partial charge in [-0.1, -0.05) is 6.42 Å². The molecule has 2 unspecified atom stereocenters. The first-order valence-corrected chi connectivity index (χ1v) is 7.61. The maximum absolute atomic E-state index is 5.65. The minimum atomic E-state index is 0.253. The molecule has 106 valence electrons. The van der Waals surface area contributed by atoms with E-state index in [9.17, 15) is 0 Å². The summed E-state index contributed by atoms with van der Waals surface area (Å²) in [5, 5.41) is 12.3. The van der Waals surface area contributed by atoms with Gasteiger partial charge in [-0.15, -0.1) is 10.2 Å². The third-order valence-electron chi connectivity index (χ3n) is 4.20. The number of aryl methyl sites for hydroxylation is 1. The van der Waals surface area contributed by atoms with Crippen molar-refractivity contribution in [3.05, 3.63) is 11.6 Å². The first kappa shape index (κ1) is 13.1. The second kappa shape index (κ2) is 6.01. The first-order valence-electron chi connectivity index (χ1n) is 7.61. The summed E-state index contributed by atoms with van der Waals surface area (Å²) in [6.45, 7) is 5.09. The molecule has 3 rings (SSSR count). The lowest BCUT2D eigenvalue weighted by Gasteiger charge is -2.17. The molecule has 0 radical (unpaired) electrons. The normalized spacial score (nSPS) is 25.0.